The van der Waals surface area contributed by atoms with Gasteiger partial charge < -0.3 is 30.3 Å². The molecule has 2 heterocycles. The van der Waals surface area contributed by atoms with Crippen molar-refractivity contribution in [3.05, 3.63) is 23.8 Å². The van der Waals surface area contributed by atoms with E-state index in [1.807, 2.05) is 45.6 Å². The summed E-state index contributed by atoms with van der Waals surface area (Å²) in [5.41, 5.74) is 0.316. The van der Waals surface area contributed by atoms with Gasteiger partial charge in [-0.3, -0.25) is 9.59 Å². The van der Waals surface area contributed by atoms with Gasteiger partial charge in [0.15, 0.2) is 5.75 Å². The standard InChI is InChI=1S/C32H50N4O5/c1-21(2)36-18-16-23(19-34-31(39)41-32(3,4)5)40-28-25(30(36)38)13-10-14-27(28)35-29(37)24-15-17-33-20-26(24)22-11-8-6-7-9-12-22/h10,13-14,21-24,26,33H,6-9,11-12,15-20H2,1-5H3,(H,34,39)(H,35,37). The number of nitrogens with one attached hydrogen (secondary N) is 3. The lowest BCUT2D eigenvalue weighted by atomic mass is 9.74. The maximum Gasteiger partial charge on any atom is 0.407 e. The Morgan fingerprint density at radius 3 is 2.51 bits per heavy atom. The van der Waals surface area contributed by atoms with Crippen LogP contribution in [-0.4, -0.2) is 66.7 Å². The summed E-state index contributed by atoms with van der Waals surface area (Å²) in [4.78, 5) is 41.7. The zero-order chi connectivity index (χ0) is 29.6. The van der Waals surface area contributed by atoms with E-state index in [0.29, 0.717) is 41.8 Å². The van der Waals surface area contributed by atoms with Crippen molar-refractivity contribution in [1.29, 1.82) is 0 Å². The van der Waals surface area contributed by atoms with E-state index in [1.165, 1.54) is 38.5 Å². The fourth-order valence-corrected chi connectivity index (χ4v) is 6.51. The highest BCUT2D eigenvalue weighted by Crippen LogP contribution is 2.38. The number of ether oxygens (including phenoxy) is 2. The Bertz CT molecular complexity index is 1060. The monoisotopic (exact) mass is 570 g/mol. The highest BCUT2D eigenvalue weighted by molar-refractivity contribution is 6.02. The first-order valence-electron chi connectivity index (χ1n) is 15.6. The fraction of sp³-hybridized carbons (Fsp3) is 0.719. The highest BCUT2D eigenvalue weighted by atomic mass is 16.6. The van der Waals surface area contributed by atoms with Gasteiger partial charge in [-0.05, 0) is 78.1 Å². The molecule has 0 bridgehead atoms. The van der Waals surface area contributed by atoms with Crippen molar-refractivity contribution in [2.75, 3.05) is 31.5 Å². The van der Waals surface area contributed by atoms with Gasteiger partial charge in [-0.1, -0.05) is 44.6 Å². The van der Waals surface area contributed by atoms with Gasteiger partial charge in [-0.2, -0.15) is 0 Å². The first kappa shape index (κ1) is 31.1. The van der Waals surface area contributed by atoms with Gasteiger partial charge in [0.25, 0.3) is 5.91 Å². The number of hydrogen-bond donors (Lipinski definition) is 3. The summed E-state index contributed by atoms with van der Waals surface area (Å²) in [5.74, 6) is 1.01. The Morgan fingerprint density at radius 1 is 1.10 bits per heavy atom. The number of carbonyl (C=O) groups is 3. The molecule has 3 unspecified atom stereocenters. The normalized spacial score (nSPS) is 24.4. The second kappa shape index (κ2) is 13.9. The molecule has 3 N–H and O–H groups in total. The first-order valence-corrected chi connectivity index (χ1v) is 15.6. The summed E-state index contributed by atoms with van der Waals surface area (Å²) in [6, 6.07) is 5.35. The number of anilines is 1. The van der Waals surface area contributed by atoms with Crippen LogP contribution in [0.3, 0.4) is 0 Å². The lowest BCUT2D eigenvalue weighted by molar-refractivity contribution is -0.123. The molecule has 3 aliphatic rings. The molecule has 0 radical (unpaired) electrons. The van der Waals surface area contributed by atoms with Crippen LogP contribution in [0.1, 0.15) is 96.3 Å². The molecule has 0 spiro atoms. The predicted octanol–water partition coefficient (Wildman–Crippen LogP) is 5.35. The van der Waals surface area contributed by atoms with Crippen LogP contribution in [0.5, 0.6) is 5.75 Å². The lowest BCUT2D eigenvalue weighted by Crippen LogP contribution is -2.46. The lowest BCUT2D eigenvalue weighted by Gasteiger charge is -2.37. The van der Waals surface area contributed by atoms with E-state index < -0.39 is 17.8 Å². The van der Waals surface area contributed by atoms with Crippen molar-refractivity contribution in [2.24, 2.45) is 17.8 Å². The molecule has 1 saturated heterocycles. The summed E-state index contributed by atoms with van der Waals surface area (Å²) >= 11 is 0. The molecule has 41 heavy (non-hydrogen) atoms. The Kier molecular flexibility index (Phi) is 10.6. The van der Waals surface area contributed by atoms with Crippen molar-refractivity contribution in [1.82, 2.24) is 15.5 Å². The number of piperidine rings is 1. The fourth-order valence-electron chi connectivity index (χ4n) is 6.51. The molecule has 228 valence electrons. The van der Waals surface area contributed by atoms with Crippen LogP contribution < -0.4 is 20.7 Å². The molecule has 1 aromatic rings. The molecule has 3 amide bonds. The average Bonchev–Trinajstić information content (AvgIpc) is 3.20. The molecule has 1 saturated carbocycles. The minimum Gasteiger partial charge on any atom is -0.485 e. The molecule has 2 aliphatic heterocycles. The minimum atomic E-state index is -0.611. The molecule has 9 heteroatoms. The van der Waals surface area contributed by atoms with E-state index in [0.717, 1.165) is 19.5 Å². The number of benzene rings is 1. The van der Waals surface area contributed by atoms with Gasteiger partial charge in [0.05, 0.1) is 17.8 Å². The molecular formula is C32H50N4O5. The van der Waals surface area contributed by atoms with E-state index >= 15 is 0 Å². The molecule has 0 aromatic heterocycles. The van der Waals surface area contributed by atoms with Gasteiger partial charge >= 0.3 is 6.09 Å². The second-order valence-corrected chi connectivity index (χ2v) is 13.2. The Labute approximate surface area is 245 Å². The number of hydrogen-bond acceptors (Lipinski definition) is 6. The maximum absolute atomic E-state index is 13.9. The summed E-state index contributed by atoms with van der Waals surface area (Å²) in [6.07, 6.45) is 7.82. The van der Waals surface area contributed by atoms with Crippen LogP contribution in [0.2, 0.25) is 0 Å². The minimum absolute atomic E-state index is 0.00333. The highest BCUT2D eigenvalue weighted by Gasteiger charge is 2.37. The van der Waals surface area contributed by atoms with Crippen molar-refractivity contribution >= 4 is 23.6 Å². The third-order valence-corrected chi connectivity index (χ3v) is 8.61. The number of para-hydroxylation sites is 1. The Morgan fingerprint density at radius 2 is 1.83 bits per heavy atom. The van der Waals surface area contributed by atoms with Crippen LogP contribution >= 0.6 is 0 Å². The van der Waals surface area contributed by atoms with Gasteiger partial charge in [0.1, 0.15) is 11.7 Å². The van der Waals surface area contributed by atoms with Gasteiger partial charge in [-0.15, -0.1) is 0 Å². The Balaban J connectivity index is 1.57. The topological polar surface area (TPSA) is 109 Å². The predicted molar refractivity (Wildman–Crippen MR) is 160 cm³/mol. The van der Waals surface area contributed by atoms with E-state index in [2.05, 4.69) is 16.0 Å². The first-order chi connectivity index (χ1) is 19.5. The third kappa shape index (κ3) is 8.37. The van der Waals surface area contributed by atoms with Crippen molar-refractivity contribution < 1.29 is 23.9 Å². The number of amides is 3. The van der Waals surface area contributed by atoms with E-state index in [-0.39, 0.29) is 30.3 Å². The zero-order valence-corrected chi connectivity index (χ0v) is 25.6. The molecule has 9 nitrogen and oxygen atoms in total. The largest absolute Gasteiger partial charge is 0.485 e. The van der Waals surface area contributed by atoms with E-state index in [9.17, 15) is 14.4 Å². The molecule has 1 aromatic carbocycles. The quantitative estimate of drug-likeness (QED) is 0.398. The molecule has 4 rings (SSSR count). The number of carbonyl (C=O) groups excluding carboxylic acids is 3. The van der Waals surface area contributed by atoms with E-state index in [4.69, 9.17) is 9.47 Å². The number of nitrogens with zero attached hydrogens (tertiary/aromatic N) is 1. The van der Waals surface area contributed by atoms with Crippen molar-refractivity contribution in [3.63, 3.8) is 0 Å². The third-order valence-electron chi connectivity index (χ3n) is 8.61. The van der Waals surface area contributed by atoms with Gasteiger partial charge in [0, 0.05) is 24.9 Å². The van der Waals surface area contributed by atoms with Crippen LogP contribution in [0, 0.1) is 17.8 Å². The van der Waals surface area contributed by atoms with Crippen LogP contribution in [0.15, 0.2) is 18.2 Å². The molecular weight excluding hydrogens is 520 g/mol. The summed E-state index contributed by atoms with van der Waals surface area (Å²) < 4.78 is 11.9. The SMILES string of the molecule is CC(C)N1CCC(CNC(=O)OC(C)(C)C)Oc2c(NC(=O)C3CCNCC3C3CCCCCC3)cccc2C1=O. The average molecular weight is 571 g/mol. The molecule has 3 atom stereocenters. The number of alkyl carbamates (subject to hydrolysis) is 1. The van der Waals surface area contributed by atoms with Crippen molar-refractivity contribution in [2.45, 2.75) is 104 Å². The van der Waals surface area contributed by atoms with E-state index in [1.54, 1.807) is 12.1 Å². The summed E-state index contributed by atoms with van der Waals surface area (Å²) in [7, 11) is 0. The second-order valence-electron chi connectivity index (χ2n) is 13.2. The smallest absolute Gasteiger partial charge is 0.407 e. The maximum atomic E-state index is 13.9. The molecule has 1 aliphatic carbocycles. The van der Waals surface area contributed by atoms with Crippen LogP contribution in [-0.2, 0) is 9.53 Å². The van der Waals surface area contributed by atoms with Crippen LogP contribution in [0.4, 0.5) is 10.5 Å². The summed E-state index contributed by atoms with van der Waals surface area (Å²) in [6.45, 7) is 11.8. The van der Waals surface area contributed by atoms with Gasteiger partial charge in [0.2, 0.25) is 5.91 Å². The van der Waals surface area contributed by atoms with Crippen LogP contribution in [0.25, 0.3) is 0 Å². The Hall–Kier alpha value is -2.81. The molecule has 2 fully saturated rings. The van der Waals surface area contributed by atoms with Crippen molar-refractivity contribution in [3.8, 4) is 5.75 Å². The number of rotatable bonds is 6. The number of fused-ring (bicyclic) bond motifs is 1. The van der Waals surface area contributed by atoms with Gasteiger partial charge in [-0.25, -0.2) is 4.79 Å². The zero-order valence-electron chi connectivity index (χ0n) is 25.6. The summed E-state index contributed by atoms with van der Waals surface area (Å²) in [5, 5.41) is 9.53.